The minimum atomic E-state index is -1.26. The molecule has 2 aliphatic rings. The van der Waals surface area contributed by atoms with Crippen LogP contribution in [0.25, 0.3) is 11.1 Å². The number of ether oxygens (including phenoxy) is 1. The van der Waals surface area contributed by atoms with Crippen LogP contribution in [0.4, 0.5) is 4.79 Å². The van der Waals surface area contributed by atoms with E-state index in [1.165, 1.54) is 4.90 Å². The first-order chi connectivity index (χ1) is 15.9. The van der Waals surface area contributed by atoms with Crippen LogP contribution in [0.1, 0.15) is 56.6 Å². The smallest absolute Gasteiger partial charge is 0.407 e. The monoisotopic (exact) mass is 450 g/mol. The molecule has 2 atom stereocenters. The molecule has 0 bridgehead atoms. The normalized spacial score (nSPS) is 20.5. The van der Waals surface area contributed by atoms with Gasteiger partial charge in [0.05, 0.1) is 0 Å². The Labute approximate surface area is 193 Å². The third-order valence-electron chi connectivity index (χ3n) is 6.96. The summed E-state index contributed by atoms with van der Waals surface area (Å²) in [7, 11) is 0. The van der Waals surface area contributed by atoms with Gasteiger partial charge in [0.15, 0.2) is 0 Å². The molecule has 174 valence electrons. The number of hydrogen-bond acceptors (Lipinski definition) is 4. The molecule has 2 N–H and O–H groups in total. The Morgan fingerprint density at radius 2 is 1.70 bits per heavy atom. The number of carboxylic acid groups (broad SMARTS) is 1. The zero-order valence-electron chi connectivity index (χ0n) is 19.0. The van der Waals surface area contributed by atoms with Crippen LogP contribution >= 0.6 is 0 Å². The van der Waals surface area contributed by atoms with Crippen molar-refractivity contribution in [1.82, 2.24) is 10.2 Å². The quantitative estimate of drug-likeness (QED) is 0.689. The molecule has 1 heterocycles. The number of fused-ring (bicyclic) bond motifs is 3. The zero-order valence-corrected chi connectivity index (χ0v) is 19.0. The summed E-state index contributed by atoms with van der Waals surface area (Å²) in [6, 6.07) is 15.3. The third kappa shape index (κ3) is 4.19. The number of benzene rings is 2. The maximum atomic E-state index is 13.2. The van der Waals surface area contributed by atoms with Crippen LogP contribution in [-0.4, -0.2) is 52.7 Å². The Morgan fingerprint density at radius 1 is 1.09 bits per heavy atom. The van der Waals surface area contributed by atoms with Gasteiger partial charge in [-0.1, -0.05) is 55.5 Å². The summed E-state index contributed by atoms with van der Waals surface area (Å²) in [4.78, 5) is 39.1. The Balaban J connectivity index is 1.43. The molecular formula is C26H30N2O5. The lowest BCUT2D eigenvalue weighted by atomic mass is 9.87. The van der Waals surface area contributed by atoms with Gasteiger partial charge in [-0.3, -0.25) is 4.79 Å². The first-order valence-corrected chi connectivity index (χ1v) is 11.5. The van der Waals surface area contributed by atoms with Crippen LogP contribution in [-0.2, 0) is 14.3 Å². The summed E-state index contributed by atoms with van der Waals surface area (Å²) in [6.45, 7) is 3.88. The van der Waals surface area contributed by atoms with Gasteiger partial charge in [0, 0.05) is 12.5 Å². The van der Waals surface area contributed by atoms with Crippen LogP contribution in [0.15, 0.2) is 48.5 Å². The molecule has 2 aromatic carbocycles. The SMILES string of the molecule is CC[C@@H](NC(=O)OCC1c2ccccc2-c2ccccc21)C(=O)N1CCCCC1(C)C(=O)O. The minimum absolute atomic E-state index is 0.0728. The van der Waals surface area contributed by atoms with Crippen LogP contribution in [0, 0.1) is 0 Å². The van der Waals surface area contributed by atoms with E-state index in [4.69, 9.17) is 4.74 Å². The summed E-state index contributed by atoms with van der Waals surface area (Å²) in [6.07, 6.45) is 1.57. The van der Waals surface area contributed by atoms with E-state index < -0.39 is 23.6 Å². The van der Waals surface area contributed by atoms with E-state index in [0.717, 1.165) is 35.1 Å². The van der Waals surface area contributed by atoms with Crippen molar-refractivity contribution < 1.29 is 24.2 Å². The fourth-order valence-electron chi connectivity index (χ4n) is 5.01. The van der Waals surface area contributed by atoms with Crippen LogP contribution in [0.5, 0.6) is 0 Å². The van der Waals surface area contributed by atoms with E-state index in [1.54, 1.807) is 13.8 Å². The molecule has 1 aliphatic carbocycles. The second-order valence-corrected chi connectivity index (χ2v) is 8.96. The molecule has 1 unspecified atom stereocenters. The zero-order chi connectivity index (χ0) is 23.6. The highest BCUT2D eigenvalue weighted by Gasteiger charge is 2.45. The van der Waals surface area contributed by atoms with Crippen LogP contribution < -0.4 is 5.32 Å². The van der Waals surface area contributed by atoms with Crippen molar-refractivity contribution >= 4 is 18.0 Å². The van der Waals surface area contributed by atoms with Gasteiger partial charge in [-0.05, 0) is 54.9 Å². The standard InChI is InChI=1S/C26H30N2O5/c1-3-22(23(29)28-15-9-8-14-26(28,2)24(30)31)27-25(32)33-16-21-19-12-6-4-10-17(19)18-11-5-7-13-20(18)21/h4-7,10-13,21-22H,3,8-9,14-16H2,1-2H3,(H,27,32)(H,30,31)/t22-,26?/m1/s1. The second kappa shape index (κ2) is 9.25. The molecule has 2 amide bonds. The van der Waals surface area contributed by atoms with Crippen LogP contribution in [0.3, 0.4) is 0 Å². The number of carbonyl (C=O) groups excluding carboxylic acids is 2. The molecule has 0 aromatic heterocycles. The summed E-state index contributed by atoms with van der Waals surface area (Å²) < 4.78 is 5.57. The summed E-state index contributed by atoms with van der Waals surface area (Å²) in [5.41, 5.74) is 3.25. The van der Waals surface area contributed by atoms with Crippen molar-refractivity contribution in [1.29, 1.82) is 0 Å². The fraction of sp³-hybridized carbons (Fsp3) is 0.423. The fourth-order valence-corrected chi connectivity index (χ4v) is 5.01. The number of nitrogens with one attached hydrogen (secondary N) is 1. The number of piperidine rings is 1. The highest BCUT2D eigenvalue weighted by Crippen LogP contribution is 2.44. The van der Waals surface area contributed by atoms with E-state index in [2.05, 4.69) is 17.4 Å². The van der Waals surface area contributed by atoms with Crippen molar-refractivity contribution in [3.05, 3.63) is 59.7 Å². The van der Waals surface area contributed by atoms with Gasteiger partial charge in [0.25, 0.3) is 0 Å². The molecular weight excluding hydrogens is 420 g/mol. The molecule has 0 saturated carbocycles. The lowest BCUT2D eigenvalue weighted by molar-refractivity contribution is -0.161. The molecule has 1 aliphatic heterocycles. The highest BCUT2D eigenvalue weighted by molar-refractivity contribution is 5.91. The van der Waals surface area contributed by atoms with E-state index in [1.807, 2.05) is 36.4 Å². The number of amides is 2. The number of hydrogen-bond donors (Lipinski definition) is 2. The minimum Gasteiger partial charge on any atom is -0.480 e. The maximum Gasteiger partial charge on any atom is 0.407 e. The topological polar surface area (TPSA) is 95.9 Å². The van der Waals surface area contributed by atoms with E-state index >= 15 is 0 Å². The number of alkyl carbamates (subject to hydrolysis) is 1. The second-order valence-electron chi connectivity index (χ2n) is 8.96. The van der Waals surface area contributed by atoms with Gasteiger partial charge in [-0.2, -0.15) is 0 Å². The molecule has 7 heteroatoms. The molecule has 4 rings (SSSR count). The average Bonchev–Trinajstić information content (AvgIpc) is 3.14. The number of carboxylic acids is 1. The van der Waals surface area contributed by atoms with Crippen molar-refractivity contribution in [3.63, 3.8) is 0 Å². The average molecular weight is 451 g/mol. The lowest BCUT2D eigenvalue weighted by Crippen LogP contribution is -2.61. The Morgan fingerprint density at radius 3 is 2.27 bits per heavy atom. The first kappa shape index (κ1) is 22.8. The summed E-state index contributed by atoms with van der Waals surface area (Å²) >= 11 is 0. The first-order valence-electron chi connectivity index (χ1n) is 11.5. The number of likely N-dealkylation sites (tertiary alicyclic amines) is 1. The summed E-state index contributed by atoms with van der Waals surface area (Å²) in [5, 5.41) is 12.4. The Hall–Kier alpha value is -3.35. The predicted molar refractivity (Wildman–Crippen MR) is 124 cm³/mol. The number of carbonyl (C=O) groups is 3. The van der Waals surface area contributed by atoms with Crippen LogP contribution in [0.2, 0.25) is 0 Å². The Bertz CT molecular complexity index is 1020. The predicted octanol–water partition coefficient (Wildman–Crippen LogP) is 4.16. The molecule has 7 nitrogen and oxygen atoms in total. The molecule has 33 heavy (non-hydrogen) atoms. The van der Waals surface area contributed by atoms with Crippen molar-refractivity contribution in [2.24, 2.45) is 0 Å². The molecule has 2 aromatic rings. The van der Waals surface area contributed by atoms with Gasteiger partial charge in [0.1, 0.15) is 18.2 Å². The van der Waals surface area contributed by atoms with Crippen molar-refractivity contribution in [2.45, 2.75) is 57.0 Å². The summed E-state index contributed by atoms with van der Waals surface area (Å²) in [5.74, 6) is -1.47. The molecule has 0 spiro atoms. The van der Waals surface area contributed by atoms with E-state index in [-0.39, 0.29) is 18.4 Å². The molecule has 1 fully saturated rings. The van der Waals surface area contributed by atoms with Gasteiger partial charge in [0.2, 0.25) is 5.91 Å². The van der Waals surface area contributed by atoms with Gasteiger partial charge >= 0.3 is 12.1 Å². The molecule has 1 saturated heterocycles. The van der Waals surface area contributed by atoms with E-state index in [0.29, 0.717) is 19.4 Å². The largest absolute Gasteiger partial charge is 0.480 e. The van der Waals surface area contributed by atoms with Crippen molar-refractivity contribution in [3.8, 4) is 11.1 Å². The number of aliphatic carboxylic acids is 1. The number of nitrogens with zero attached hydrogens (tertiary/aromatic N) is 1. The van der Waals surface area contributed by atoms with E-state index in [9.17, 15) is 19.5 Å². The maximum absolute atomic E-state index is 13.2. The van der Waals surface area contributed by atoms with Gasteiger partial charge in [-0.25, -0.2) is 9.59 Å². The van der Waals surface area contributed by atoms with Crippen molar-refractivity contribution in [2.75, 3.05) is 13.2 Å². The van der Waals surface area contributed by atoms with Gasteiger partial charge in [-0.15, -0.1) is 0 Å². The molecule has 0 radical (unpaired) electrons. The highest BCUT2D eigenvalue weighted by atomic mass is 16.5. The third-order valence-corrected chi connectivity index (χ3v) is 6.96. The Kier molecular flexibility index (Phi) is 6.40. The lowest BCUT2D eigenvalue weighted by Gasteiger charge is -2.43. The van der Waals surface area contributed by atoms with Gasteiger partial charge < -0.3 is 20.1 Å². The number of rotatable bonds is 6.